The van der Waals surface area contributed by atoms with Gasteiger partial charge >= 0.3 is 0 Å². The summed E-state index contributed by atoms with van der Waals surface area (Å²) in [6.45, 7) is 7.26. The van der Waals surface area contributed by atoms with Crippen LogP contribution in [-0.4, -0.2) is 46.7 Å². The van der Waals surface area contributed by atoms with Crippen molar-refractivity contribution in [2.24, 2.45) is 5.92 Å². The summed E-state index contributed by atoms with van der Waals surface area (Å²) in [7, 11) is 2.14. The van der Waals surface area contributed by atoms with Crippen molar-refractivity contribution in [1.29, 1.82) is 0 Å². The third-order valence-electron chi connectivity index (χ3n) is 6.84. The summed E-state index contributed by atoms with van der Waals surface area (Å²) in [4.78, 5) is 0. The van der Waals surface area contributed by atoms with Gasteiger partial charge in [0.15, 0.2) is 11.5 Å². The first kappa shape index (κ1) is 20.4. The number of aliphatic hydroxyl groups is 2. The number of aromatic hydroxyl groups is 1. The van der Waals surface area contributed by atoms with E-state index in [1.165, 1.54) is 19.4 Å². The Balaban J connectivity index is 0.000000299. The largest absolute Gasteiger partial charge is 0.504 e. The number of fused-ring (bicyclic) bond motifs is 3. The molecule has 4 atom stereocenters. The second-order valence-electron chi connectivity index (χ2n) is 8.63. The Labute approximate surface area is 162 Å². The molecule has 5 nitrogen and oxygen atoms in total. The number of aliphatic hydroxyl groups excluding tert-OH is 1. The van der Waals surface area contributed by atoms with E-state index in [-0.39, 0.29) is 5.75 Å². The topological polar surface area (TPSA) is 86.5 Å². The molecule has 0 aromatic heterocycles. The van der Waals surface area contributed by atoms with E-state index in [1.54, 1.807) is 6.07 Å². The minimum absolute atomic E-state index is 0.0902. The zero-order valence-electron chi connectivity index (χ0n) is 17.2. The fraction of sp³-hybridized carbons (Fsp3) is 0.727. The Morgan fingerprint density at radius 1 is 1.22 bits per heavy atom. The van der Waals surface area contributed by atoms with Crippen LogP contribution >= 0.6 is 0 Å². The third-order valence-corrected chi connectivity index (χ3v) is 6.84. The van der Waals surface area contributed by atoms with Gasteiger partial charge < -0.3 is 25.4 Å². The van der Waals surface area contributed by atoms with Crippen LogP contribution in [0.15, 0.2) is 12.1 Å². The SMILES string of the molecule is CCc1ccc(O)c2c1[C@@]1(CC)[C@@H](O2)C(O)CCC1(C)O.C[NH2+]CC1CC1. The zero-order chi connectivity index (χ0) is 19.8. The molecule has 1 aromatic rings. The van der Waals surface area contributed by atoms with Crippen LogP contribution in [0.25, 0.3) is 0 Å². The lowest BCUT2D eigenvalue weighted by Crippen LogP contribution is -2.80. The Kier molecular flexibility index (Phi) is 5.76. The predicted octanol–water partition coefficient (Wildman–Crippen LogP) is 1.86. The van der Waals surface area contributed by atoms with Crippen LogP contribution in [0.5, 0.6) is 11.5 Å². The summed E-state index contributed by atoms with van der Waals surface area (Å²) in [5.74, 6) is 1.63. The van der Waals surface area contributed by atoms with Crippen molar-refractivity contribution in [3.05, 3.63) is 23.3 Å². The van der Waals surface area contributed by atoms with Crippen LogP contribution in [0.1, 0.15) is 64.0 Å². The van der Waals surface area contributed by atoms with Crippen LogP contribution in [-0.2, 0) is 11.8 Å². The van der Waals surface area contributed by atoms with Gasteiger partial charge in [0.05, 0.1) is 30.7 Å². The summed E-state index contributed by atoms with van der Waals surface area (Å²) in [5, 5.41) is 34.0. The van der Waals surface area contributed by atoms with Gasteiger partial charge in [-0.15, -0.1) is 0 Å². The maximum absolute atomic E-state index is 11.1. The van der Waals surface area contributed by atoms with Crippen LogP contribution in [0.3, 0.4) is 0 Å². The van der Waals surface area contributed by atoms with Gasteiger partial charge in [0.25, 0.3) is 0 Å². The van der Waals surface area contributed by atoms with Crippen molar-refractivity contribution < 1.29 is 25.4 Å². The summed E-state index contributed by atoms with van der Waals surface area (Å²) in [6.07, 6.45) is 4.35. The van der Waals surface area contributed by atoms with Crippen molar-refractivity contribution >= 4 is 0 Å². The fourth-order valence-corrected chi connectivity index (χ4v) is 5.12. The van der Waals surface area contributed by atoms with Gasteiger partial charge in [-0.05, 0) is 57.1 Å². The average molecular weight is 379 g/mol. The quantitative estimate of drug-likeness (QED) is 0.644. The van der Waals surface area contributed by atoms with Gasteiger partial charge in [0.2, 0.25) is 0 Å². The molecule has 4 rings (SSSR count). The van der Waals surface area contributed by atoms with Crippen molar-refractivity contribution in [3.8, 4) is 11.5 Å². The van der Waals surface area contributed by atoms with E-state index in [1.807, 2.05) is 19.9 Å². The average Bonchev–Trinajstić information content (AvgIpc) is 3.38. The van der Waals surface area contributed by atoms with Crippen LogP contribution in [0.4, 0.5) is 0 Å². The normalized spacial score (nSPS) is 34.1. The van der Waals surface area contributed by atoms with Gasteiger partial charge in [-0.25, -0.2) is 0 Å². The number of phenols is 1. The molecule has 0 saturated heterocycles. The van der Waals surface area contributed by atoms with Gasteiger partial charge in [0.1, 0.15) is 6.10 Å². The number of quaternary nitrogens is 1. The van der Waals surface area contributed by atoms with Crippen LogP contribution in [0.2, 0.25) is 0 Å². The zero-order valence-corrected chi connectivity index (χ0v) is 17.2. The first-order valence-corrected chi connectivity index (χ1v) is 10.5. The number of nitrogens with two attached hydrogens (primary N) is 1. The summed E-state index contributed by atoms with van der Waals surface area (Å²) in [5.41, 5.74) is 0.335. The number of benzene rings is 1. The molecule has 5 N–H and O–H groups in total. The van der Waals surface area contributed by atoms with Crippen LogP contribution < -0.4 is 10.1 Å². The van der Waals surface area contributed by atoms with Crippen LogP contribution in [0, 0.1) is 5.92 Å². The highest BCUT2D eigenvalue weighted by Crippen LogP contribution is 2.59. The second kappa shape index (κ2) is 7.61. The van der Waals surface area contributed by atoms with E-state index in [0.717, 1.165) is 23.5 Å². The molecule has 2 fully saturated rings. The maximum atomic E-state index is 11.1. The molecule has 152 valence electrons. The number of hydrogen-bond donors (Lipinski definition) is 4. The van der Waals surface area contributed by atoms with E-state index < -0.39 is 23.2 Å². The Morgan fingerprint density at radius 2 is 1.93 bits per heavy atom. The smallest absolute Gasteiger partial charge is 0.165 e. The molecule has 1 aliphatic heterocycles. The van der Waals surface area contributed by atoms with Crippen molar-refractivity contribution in [3.63, 3.8) is 0 Å². The molecule has 2 saturated carbocycles. The molecule has 1 aromatic carbocycles. The highest BCUT2D eigenvalue weighted by Gasteiger charge is 2.64. The predicted molar refractivity (Wildman–Crippen MR) is 105 cm³/mol. The van der Waals surface area contributed by atoms with E-state index >= 15 is 0 Å². The standard InChI is InChI=1S/C17H24O4.C5H11N/c1-4-10-6-7-11(18)14-13(10)17(5-2)15(21-14)12(19)8-9-16(17,3)20;1-6-4-5-2-3-5/h6-7,12,15,18-20H,4-5,8-9H2,1-3H3;5-6H,2-4H2,1H3/p+1/t12?,15-,16?,17-;/m0./s1. The molecule has 3 aliphatic rings. The van der Waals surface area contributed by atoms with Gasteiger partial charge in [0, 0.05) is 11.5 Å². The number of hydrogen-bond acceptors (Lipinski definition) is 4. The number of rotatable bonds is 4. The Bertz CT molecular complexity index is 671. The minimum Gasteiger partial charge on any atom is -0.504 e. The molecular weight excluding hydrogens is 342 g/mol. The van der Waals surface area contributed by atoms with Crippen molar-refractivity contribution in [2.45, 2.75) is 82.5 Å². The highest BCUT2D eigenvalue weighted by atomic mass is 16.5. The molecule has 0 spiro atoms. The first-order chi connectivity index (χ1) is 12.8. The van der Waals surface area contributed by atoms with Gasteiger partial charge in [-0.3, -0.25) is 0 Å². The summed E-state index contributed by atoms with van der Waals surface area (Å²) < 4.78 is 5.97. The lowest BCUT2D eigenvalue weighted by Gasteiger charge is -2.51. The Hall–Kier alpha value is -1.30. The van der Waals surface area contributed by atoms with Gasteiger partial charge in [-0.1, -0.05) is 19.9 Å². The van der Waals surface area contributed by atoms with Gasteiger partial charge in [-0.2, -0.15) is 0 Å². The van der Waals surface area contributed by atoms with Crippen molar-refractivity contribution in [2.75, 3.05) is 13.6 Å². The fourth-order valence-electron chi connectivity index (χ4n) is 5.12. The maximum Gasteiger partial charge on any atom is 0.165 e. The summed E-state index contributed by atoms with van der Waals surface area (Å²) >= 11 is 0. The minimum atomic E-state index is -0.964. The first-order valence-electron chi connectivity index (χ1n) is 10.5. The number of ether oxygens (including phenoxy) is 1. The van der Waals surface area contributed by atoms with E-state index in [0.29, 0.717) is 25.0 Å². The van der Waals surface area contributed by atoms with E-state index in [9.17, 15) is 15.3 Å². The molecular formula is C22H36NO4+. The van der Waals surface area contributed by atoms with Crippen molar-refractivity contribution in [1.82, 2.24) is 0 Å². The molecule has 5 heteroatoms. The molecule has 0 radical (unpaired) electrons. The number of phenolic OH excluding ortho intramolecular Hbond substituents is 1. The molecule has 2 unspecified atom stereocenters. The second-order valence-corrected chi connectivity index (χ2v) is 8.63. The Morgan fingerprint density at radius 3 is 2.44 bits per heavy atom. The summed E-state index contributed by atoms with van der Waals surface area (Å²) in [6, 6.07) is 3.54. The lowest BCUT2D eigenvalue weighted by atomic mass is 9.57. The molecule has 1 heterocycles. The molecule has 0 amide bonds. The lowest BCUT2D eigenvalue weighted by molar-refractivity contribution is -0.629. The highest BCUT2D eigenvalue weighted by molar-refractivity contribution is 5.59. The molecule has 0 bridgehead atoms. The molecule has 2 aliphatic carbocycles. The third kappa shape index (κ3) is 3.34. The monoisotopic (exact) mass is 378 g/mol. The van der Waals surface area contributed by atoms with E-state index in [2.05, 4.69) is 19.3 Å². The molecule has 27 heavy (non-hydrogen) atoms. The van der Waals surface area contributed by atoms with E-state index in [4.69, 9.17) is 4.74 Å². The number of aryl methyl sites for hydroxylation is 1.